The van der Waals surface area contributed by atoms with Crippen molar-refractivity contribution in [3.63, 3.8) is 0 Å². The molecule has 0 saturated carbocycles. The van der Waals surface area contributed by atoms with Crippen LogP contribution in [0.1, 0.15) is 10.4 Å². The van der Waals surface area contributed by atoms with Crippen LogP contribution in [0.5, 0.6) is 17.2 Å². The number of ketones is 1. The van der Waals surface area contributed by atoms with Gasteiger partial charge in [0.1, 0.15) is 17.2 Å². The highest BCUT2D eigenvalue weighted by atomic mass is 35.5. The number of benzene rings is 3. The molecule has 0 bridgehead atoms. The van der Waals surface area contributed by atoms with Crippen molar-refractivity contribution < 1.29 is 19.0 Å². The third-order valence-electron chi connectivity index (χ3n) is 4.11. The van der Waals surface area contributed by atoms with E-state index in [1.165, 1.54) is 7.11 Å². The number of methoxy groups -OCH3 is 2. The first-order valence-corrected chi connectivity index (χ1v) is 8.73. The lowest BCUT2D eigenvalue weighted by atomic mass is 10.1. The summed E-state index contributed by atoms with van der Waals surface area (Å²) in [6.07, 6.45) is 0. The van der Waals surface area contributed by atoms with Gasteiger partial charge in [0, 0.05) is 6.07 Å². The third-order valence-corrected chi connectivity index (χ3v) is 4.40. The van der Waals surface area contributed by atoms with Crippen LogP contribution in [0.4, 0.5) is 0 Å². The van der Waals surface area contributed by atoms with Crippen LogP contribution >= 0.6 is 11.6 Å². The minimum absolute atomic E-state index is 0.146. The molecule has 5 heteroatoms. The average molecular weight is 383 g/mol. The first kappa shape index (κ1) is 18.8. The first-order valence-electron chi connectivity index (χ1n) is 8.35. The van der Waals surface area contributed by atoms with Crippen molar-refractivity contribution in [2.24, 2.45) is 0 Å². The van der Waals surface area contributed by atoms with E-state index in [1.54, 1.807) is 31.4 Å². The van der Waals surface area contributed by atoms with Crippen LogP contribution in [-0.2, 0) is 0 Å². The second-order valence-corrected chi connectivity index (χ2v) is 6.20. The molecule has 0 amide bonds. The largest absolute Gasteiger partial charge is 0.497 e. The van der Waals surface area contributed by atoms with Gasteiger partial charge in [0.15, 0.2) is 6.61 Å². The monoisotopic (exact) mass is 382 g/mol. The minimum Gasteiger partial charge on any atom is -0.497 e. The Hall–Kier alpha value is -2.98. The van der Waals surface area contributed by atoms with Gasteiger partial charge in [0.05, 0.1) is 24.8 Å². The number of hydrogen-bond donors (Lipinski definition) is 0. The Morgan fingerprint density at radius 1 is 0.852 bits per heavy atom. The highest BCUT2D eigenvalue weighted by Crippen LogP contribution is 2.31. The standard InChI is InChI=1S/C22H19ClO4/c1-25-17-9-10-18(22(13-17)26-2)20(24)14-27-21-11-8-16(12-19(21)23)15-6-4-3-5-7-15/h3-13H,14H2,1-2H3. The van der Waals surface area contributed by atoms with Gasteiger partial charge in [-0.25, -0.2) is 0 Å². The molecule has 0 aliphatic carbocycles. The van der Waals surface area contributed by atoms with Crippen LogP contribution in [-0.4, -0.2) is 26.6 Å². The van der Waals surface area contributed by atoms with Crippen LogP contribution in [0, 0.1) is 0 Å². The molecule has 0 aliphatic heterocycles. The summed E-state index contributed by atoms with van der Waals surface area (Å²) in [6.45, 7) is -0.146. The molecular formula is C22H19ClO4. The van der Waals surface area contributed by atoms with E-state index >= 15 is 0 Å². The van der Waals surface area contributed by atoms with Crippen LogP contribution in [0.3, 0.4) is 0 Å². The fraction of sp³-hybridized carbons (Fsp3) is 0.136. The second-order valence-electron chi connectivity index (χ2n) is 5.79. The lowest BCUT2D eigenvalue weighted by Gasteiger charge is -2.12. The van der Waals surface area contributed by atoms with Crippen LogP contribution in [0.15, 0.2) is 66.7 Å². The van der Waals surface area contributed by atoms with Gasteiger partial charge in [0.25, 0.3) is 0 Å². The van der Waals surface area contributed by atoms with Crippen molar-refractivity contribution >= 4 is 17.4 Å². The Bertz CT molecular complexity index is 938. The normalized spacial score (nSPS) is 10.3. The number of ether oxygens (including phenoxy) is 3. The van der Waals surface area contributed by atoms with Gasteiger partial charge in [-0.3, -0.25) is 4.79 Å². The summed E-state index contributed by atoms with van der Waals surface area (Å²) in [5.41, 5.74) is 2.47. The molecule has 3 aromatic carbocycles. The molecule has 0 atom stereocenters. The van der Waals surface area contributed by atoms with Crippen molar-refractivity contribution in [1.82, 2.24) is 0 Å². The average Bonchev–Trinajstić information content (AvgIpc) is 2.72. The van der Waals surface area contributed by atoms with Crippen molar-refractivity contribution in [2.75, 3.05) is 20.8 Å². The van der Waals surface area contributed by atoms with Crippen LogP contribution in [0.2, 0.25) is 5.02 Å². The zero-order valence-electron chi connectivity index (χ0n) is 15.1. The number of halogens is 1. The van der Waals surface area contributed by atoms with Crippen LogP contribution in [0.25, 0.3) is 11.1 Å². The van der Waals surface area contributed by atoms with Crippen molar-refractivity contribution in [3.8, 4) is 28.4 Å². The van der Waals surface area contributed by atoms with E-state index < -0.39 is 0 Å². The maximum Gasteiger partial charge on any atom is 0.203 e. The molecule has 3 rings (SSSR count). The molecule has 27 heavy (non-hydrogen) atoms. The summed E-state index contributed by atoms with van der Waals surface area (Å²) in [6, 6.07) is 20.4. The number of Topliss-reactive ketones (excluding diaryl/α,β-unsaturated/α-hetero) is 1. The summed E-state index contributed by atoms with van der Waals surface area (Å²) in [4.78, 5) is 12.5. The Morgan fingerprint density at radius 2 is 1.63 bits per heavy atom. The maximum atomic E-state index is 12.5. The lowest BCUT2D eigenvalue weighted by molar-refractivity contribution is 0.0918. The van der Waals surface area contributed by atoms with E-state index in [0.717, 1.165) is 11.1 Å². The lowest BCUT2D eigenvalue weighted by Crippen LogP contribution is -2.13. The topological polar surface area (TPSA) is 44.8 Å². The van der Waals surface area contributed by atoms with Crippen molar-refractivity contribution in [3.05, 3.63) is 77.3 Å². The summed E-state index contributed by atoms with van der Waals surface area (Å²) < 4.78 is 16.0. The quantitative estimate of drug-likeness (QED) is 0.521. The molecule has 0 aliphatic rings. The number of hydrogen-bond acceptors (Lipinski definition) is 4. The van der Waals surface area contributed by atoms with Gasteiger partial charge < -0.3 is 14.2 Å². The highest BCUT2D eigenvalue weighted by Gasteiger charge is 2.15. The predicted molar refractivity (Wildman–Crippen MR) is 106 cm³/mol. The third kappa shape index (κ3) is 4.41. The van der Waals surface area contributed by atoms with Crippen LogP contribution < -0.4 is 14.2 Å². The van der Waals surface area contributed by atoms with Gasteiger partial charge in [-0.15, -0.1) is 0 Å². The van der Waals surface area contributed by atoms with Gasteiger partial charge in [-0.1, -0.05) is 48.0 Å². The molecule has 0 aromatic heterocycles. The van der Waals surface area contributed by atoms with Gasteiger partial charge in [0.2, 0.25) is 5.78 Å². The summed E-state index contributed by atoms with van der Waals surface area (Å²) in [5.74, 6) is 1.30. The number of carbonyl (C=O) groups excluding carboxylic acids is 1. The molecule has 0 heterocycles. The number of carbonyl (C=O) groups is 1. The zero-order chi connectivity index (χ0) is 19.2. The molecule has 0 unspecified atom stereocenters. The summed E-state index contributed by atoms with van der Waals surface area (Å²) in [5, 5.41) is 0.450. The minimum atomic E-state index is -0.210. The van der Waals surface area contributed by atoms with E-state index in [0.29, 0.717) is 27.8 Å². The second kappa shape index (κ2) is 8.60. The van der Waals surface area contributed by atoms with E-state index in [2.05, 4.69) is 0 Å². The van der Waals surface area contributed by atoms with E-state index in [9.17, 15) is 4.79 Å². The van der Waals surface area contributed by atoms with E-state index in [-0.39, 0.29) is 12.4 Å². The smallest absolute Gasteiger partial charge is 0.203 e. The molecule has 0 radical (unpaired) electrons. The molecule has 138 valence electrons. The van der Waals surface area contributed by atoms with Gasteiger partial charge in [-0.05, 0) is 35.4 Å². The van der Waals surface area contributed by atoms with Crippen molar-refractivity contribution in [1.29, 1.82) is 0 Å². The highest BCUT2D eigenvalue weighted by molar-refractivity contribution is 6.32. The Kier molecular flexibility index (Phi) is 5.99. The number of rotatable bonds is 7. The SMILES string of the molecule is COc1ccc(C(=O)COc2ccc(-c3ccccc3)cc2Cl)c(OC)c1. The molecule has 3 aromatic rings. The summed E-state index contributed by atoms with van der Waals surface area (Å²) >= 11 is 6.33. The van der Waals surface area contributed by atoms with Crippen molar-refractivity contribution in [2.45, 2.75) is 0 Å². The molecule has 0 spiro atoms. The fourth-order valence-corrected chi connectivity index (χ4v) is 2.91. The predicted octanol–water partition coefficient (Wildman–Crippen LogP) is 5.29. The van der Waals surface area contributed by atoms with E-state index in [4.69, 9.17) is 25.8 Å². The Labute approximate surface area is 163 Å². The molecule has 0 N–H and O–H groups in total. The van der Waals surface area contributed by atoms with E-state index in [1.807, 2.05) is 42.5 Å². The Morgan fingerprint density at radius 3 is 2.30 bits per heavy atom. The molecule has 4 nitrogen and oxygen atoms in total. The van der Waals surface area contributed by atoms with Gasteiger partial charge >= 0.3 is 0 Å². The summed E-state index contributed by atoms with van der Waals surface area (Å²) in [7, 11) is 3.06. The molecule has 0 saturated heterocycles. The zero-order valence-corrected chi connectivity index (χ0v) is 15.8. The molecule has 0 fully saturated rings. The Balaban J connectivity index is 1.72. The maximum absolute atomic E-state index is 12.5. The van der Waals surface area contributed by atoms with Gasteiger partial charge in [-0.2, -0.15) is 0 Å². The fourth-order valence-electron chi connectivity index (χ4n) is 2.68. The first-order chi connectivity index (χ1) is 13.1. The molecular weight excluding hydrogens is 364 g/mol.